The summed E-state index contributed by atoms with van der Waals surface area (Å²) in [4.78, 5) is 37.6. The van der Waals surface area contributed by atoms with Gasteiger partial charge in [-0.25, -0.2) is 4.79 Å². The third-order valence-electron chi connectivity index (χ3n) is 6.98. The number of anilines is 1. The van der Waals surface area contributed by atoms with Crippen LogP contribution in [0.25, 0.3) is 11.1 Å². The summed E-state index contributed by atoms with van der Waals surface area (Å²) in [5, 5.41) is 14.8. The molecule has 1 heterocycles. The Morgan fingerprint density at radius 3 is 2.25 bits per heavy atom. The number of methoxy groups -OCH3 is 1. The smallest absolute Gasteiger partial charge is 0.341 e. The number of aliphatic carboxylic acids is 1. The van der Waals surface area contributed by atoms with Gasteiger partial charge in [-0.2, -0.15) is 0 Å². The highest BCUT2D eigenvalue weighted by molar-refractivity contribution is 7.15. The summed E-state index contributed by atoms with van der Waals surface area (Å²) < 4.78 is 5.01. The zero-order valence-corrected chi connectivity index (χ0v) is 19.6. The molecule has 4 atom stereocenters. The van der Waals surface area contributed by atoms with E-state index >= 15 is 0 Å². The van der Waals surface area contributed by atoms with Gasteiger partial charge in [0.05, 0.1) is 18.9 Å². The lowest BCUT2D eigenvalue weighted by Gasteiger charge is -2.26. The van der Waals surface area contributed by atoms with E-state index in [9.17, 15) is 19.5 Å². The van der Waals surface area contributed by atoms with Crippen molar-refractivity contribution in [2.24, 2.45) is 23.7 Å². The summed E-state index contributed by atoms with van der Waals surface area (Å²) >= 11 is 1.26. The number of benzene rings is 1. The number of hydrogen-bond donors (Lipinski definition) is 2. The number of rotatable bonds is 5. The minimum absolute atomic E-state index is 0.0127. The molecule has 2 fully saturated rings. The number of amides is 1. The lowest BCUT2D eigenvalue weighted by atomic mass is 9.78. The largest absolute Gasteiger partial charge is 0.481 e. The normalized spacial score (nSPS) is 24.4. The van der Waals surface area contributed by atoms with E-state index in [1.807, 2.05) is 29.6 Å². The molecule has 0 aliphatic heterocycles. The van der Waals surface area contributed by atoms with Gasteiger partial charge in [0.15, 0.2) is 0 Å². The predicted octanol–water partition coefficient (Wildman–Crippen LogP) is 5.18. The molecular formula is C25H29NO5S. The van der Waals surface area contributed by atoms with E-state index < -0.39 is 23.8 Å². The quantitative estimate of drug-likeness (QED) is 0.606. The van der Waals surface area contributed by atoms with E-state index in [0.29, 0.717) is 16.1 Å². The first-order chi connectivity index (χ1) is 15.1. The highest BCUT2D eigenvalue weighted by atomic mass is 32.1. The maximum atomic E-state index is 13.2. The lowest BCUT2D eigenvalue weighted by molar-refractivity contribution is -0.148. The van der Waals surface area contributed by atoms with Crippen LogP contribution in [0.4, 0.5) is 5.00 Å². The number of hydrogen-bond acceptors (Lipinski definition) is 5. The number of carboxylic acids is 1. The summed E-state index contributed by atoms with van der Waals surface area (Å²) in [5.41, 5.74) is 3.06. The molecule has 7 heteroatoms. The molecule has 6 nitrogen and oxygen atoms in total. The zero-order valence-electron chi connectivity index (χ0n) is 18.8. The molecule has 2 aliphatic carbocycles. The second-order valence-electron chi connectivity index (χ2n) is 9.88. The van der Waals surface area contributed by atoms with Crippen molar-refractivity contribution < 1.29 is 24.2 Å². The monoisotopic (exact) mass is 455 g/mol. The van der Waals surface area contributed by atoms with Gasteiger partial charge in [0.2, 0.25) is 5.91 Å². The SMILES string of the molecule is COC(=O)c1c(-c2ccc(C(C)(C)C)cc2)csc1NC(=O)[C@@H]1[C@H]2CC[C@@H](C2)[C@H]1C(=O)O. The van der Waals surface area contributed by atoms with Crippen LogP contribution >= 0.6 is 11.3 Å². The van der Waals surface area contributed by atoms with Crippen molar-refractivity contribution >= 4 is 34.2 Å². The lowest BCUT2D eigenvalue weighted by Crippen LogP contribution is -2.37. The maximum absolute atomic E-state index is 13.2. The molecule has 0 unspecified atom stereocenters. The van der Waals surface area contributed by atoms with Crippen molar-refractivity contribution in [2.45, 2.75) is 45.4 Å². The number of ether oxygens (including phenoxy) is 1. The molecule has 4 rings (SSSR count). The maximum Gasteiger partial charge on any atom is 0.341 e. The second kappa shape index (κ2) is 8.35. The molecule has 0 saturated heterocycles. The highest BCUT2D eigenvalue weighted by Crippen LogP contribution is 2.53. The van der Waals surface area contributed by atoms with E-state index in [-0.39, 0.29) is 23.2 Å². The second-order valence-corrected chi connectivity index (χ2v) is 10.8. The Labute approximate surface area is 192 Å². The van der Waals surface area contributed by atoms with Crippen LogP contribution in [-0.2, 0) is 19.7 Å². The Morgan fingerprint density at radius 2 is 1.69 bits per heavy atom. The van der Waals surface area contributed by atoms with Crippen LogP contribution in [0, 0.1) is 23.7 Å². The van der Waals surface area contributed by atoms with Crippen LogP contribution < -0.4 is 5.32 Å². The van der Waals surface area contributed by atoms with Gasteiger partial charge in [-0.1, -0.05) is 45.0 Å². The van der Waals surface area contributed by atoms with Crippen LogP contribution in [0.1, 0.15) is 56.0 Å². The van der Waals surface area contributed by atoms with E-state index in [1.54, 1.807) is 0 Å². The summed E-state index contributed by atoms with van der Waals surface area (Å²) in [6.07, 6.45) is 2.54. The fourth-order valence-corrected chi connectivity index (χ4v) is 6.30. The zero-order chi connectivity index (χ0) is 23.2. The summed E-state index contributed by atoms with van der Waals surface area (Å²) in [6.45, 7) is 6.42. The number of fused-ring (bicyclic) bond motifs is 2. The summed E-state index contributed by atoms with van der Waals surface area (Å²) in [6, 6.07) is 8.02. The number of carboxylic acid groups (broad SMARTS) is 1. The number of thiophene rings is 1. The standard InChI is InChI=1S/C25H29NO5S/c1-25(2,3)16-9-7-13(8-10-16)17-12-32-22(20(17)24(30)31-4)26-21(27)18-14-5-6-15(11-14)19(18)23(28)29/h7-10,12,14-15,18-19H,5-6,11H2,1-4H3,(H,26,27)(H,28,29)/t14-,15-,18+,19+/m0/s1. The Hall–Kier alpha value is -2.67. The van der Waals surface area contributed by atoms with Crippen molar-refractivity contribution in [3.05, 3.63) is 40.8 Å². The summed E-state index contributed by atoms with van der Waals surface area (Å²) in [5.74, 6) is -2.81. The molecule has 1 aromatic carbocycles. The molecule has 0 spiro atoms. The number of esters is 1. The van der Waals surface area contributed by atoms with Crippen molar-refractivity contribution in [2.75, 3.05) is 12.4 Å². The van der Waals surface area contributed by atoms with Crippen LogP contribution in [0.5, 0.6) is 0 Å². The van der Waals surface area contributed by atoms with Crippen molar-refractivity contribution in [1.29, 1.82) is 0 Å². The van der Waals surface area contributed by atoms with Crippen molar-refractivity contribution in [3.63, 3.8) is 0 Å². The molecular weight excluding hydrogens is 426 g/mol. The van der Waals surface area contributed by atoms with Crippen LogP contribution in [0.15, 0.2) is 29.6 Å². The van der Waals surface area contributed by atoms with E-state index in [0.717, 1.165) is 24.8 Å². The molecule has 170 valence electrons. The minimum atomic E-state index is -0.906. The third-order valence-corrected chi connectivity index (χ3v) is 7.88. The summed E-state index contributed by atoms with van der Waals surface area (Å²) in [7, 11) is 1.31. The molecule has 2 bridgehead atoms. The molecule has 1 amide bonds. The Kier molecular flexibility index (Phi) is 5.88. The van der Waals surface area contributed by atoms with Gasteiger partial charge in [0, 0.05) is 10.9 Å². The first-order valence-electron chi connectivity index (χ1n) is 11.0. The van der Waals surface area contributed by atoms with Gasteiger partial charge >= 0.3 is 11.9 Å². The number of nitrogens with one attached hydrogen (secondary N) is 1. The van der Waals surface area contributed by atoms with Crippen molar-refractivity contribution in [1.82, 2.24) is 0 Å². The van der Waals surface area contributed by atoms with Gasteiger partial charge in [-0.3, -0.25) is 9.59 Å². The highest BCUT2D eigenvalue weighted by Gasteiger charge is 2.54. The Balaban J connectivity index is 1.64. The molecule has 2 aliphatic rings. The third kappa shape index (κ3) is 3.94. The fourth-order valence-electron chi connectivity index (χ4n) is 5.34. The molecule has 2 N–H and O–H groups in total. The average Bonchev–Trinajstić information content (AvgIpc) is 3.47. The molecule has 0 radical (unpaired) electrons. The van der Waals surface area contributed by atoms with Crippen LogP contribution in [-0.4, -0.2) is 30.1 Å². The average molecular weight is 456 g/mol. The molecule has 2 aromatic rings. The van der Waals surface area contributed by atoms with Gasteiger partial charge in [0.25, 0.3) is 0 Å². The molecule has 1 aromatic heterocycles. The first-order valence-corrected chi connectivity index (χ1v) is 11.8. The molecule has 32 heavy (non-hydrogen) atoms. The first kappa shape index (κ1) is 22.5. The van der Waals surface area contributed by atoms with Crippen LogP contribution in [0.3, 0.4) is 0 Å². The van der Waals surface area contributed by atoms with E-state index in [2.05, 4.69) is 26.1 Å². The van der Waals surface area contributed by atoms with Gasteiger partial charge in [0.1, 0.15) is 10.6 Å². The number of carbonyl (C=O) groups is 3. The van der Waals surface area contributed by atoms with E-state index in [1.165, 1.54) is 24.0 Å². The minimum Gasteiger partial charge on any atom is -0.481 e. The van der Waals surface area contributed by atoms with Crippen LogP contribution in [0.2, 0.25) is 0 Å². The predicted molar refractivity (Wildman–Crippen MR) is 124 cm³/mol. The topological polar surface area (TPSA) is 92.7 Å². The Bertz CT molecular complexity index is 1050. The van der Waals surface area contributed by atoms with Gasteiger partial charge in [-0.05, 0) is 47.6 Å². The van der Waals surface area contributed by atoms with E-state index in [4.69, 9.17) is 4.74 Å². The Morgan fingerprint density at radius 1 is 1.06 bits per heavy atom. The van der Waals surface area contributed by atoms with Crippen molar-refractivity contribution in [3.8, 4) is 11.1 Å². The van der Waals surface area contributed by atoms with Gasteiger partial charge in [-0.15, -0.1) is 11.3 Å². The fraction of sp³-hybridized carbons (Fsp3) is 0.480. The number of carbonyl (C=O) groups excluding carboxylic acids is 2. The van der Waals surface area contributed by atoms with Gasteiger partial charge < -0.3 is 15.2 Å². The molecule has 2 saturated carbocycles.